The highest BCUT2D eigenvalue weighted by atomic mass is 35.5. The van der Waals surface area contributed by atoms with Gasteiger partial charge in [-0.25, -0.2) is 0 Å². The summed E-state index contributed by atoms with van der Waals surface area (Å²) in [6, 6.07) is 10.8. The normalized spacial score (nSPS) is 9.95. The molecule has 1 aromatic heterocycles. The van der Waals surface area contributed by atoms with Gasteiger partial charge in [0.05, 0.1) is 10.6 Å². The minimum absolute atomic E-state index is 0.110. The fourth-order valence-corrected chi connectivity index (χ4v) is 2.23. The average molecular weight is 295 g/mol. The zero-order valence-electron chi connectivity index (χ0n) is 9.85. The highest BCUT2D eigenvalue weighted by Gasteiger charge is 2.10. The van der Waals surface area contributed by atoms with Crippen molar-refractivity contribution in [2.24, 2.45) is 0 Å². The number of nitrogens with one attached hydrogen (secondary N) is 2. The molecule has 6 heteroatoms. The summed E-state index contributed by atoms with van der Waals surface area (Å²) in [7, 11) is 0. The molecule has 19 heavy (non-hydrogen) atoms. The van der Waals surface area contributed by atoms with Crippen LogP contribution < -0.4 is 10.6 Å². The van der Waals surface area contributed by atoms with Crippen LogP contribution in [0.25, 0.3) is 0 Å². The van der Waals surface area contributed by atoms with E-state index in [1.807, 2.05) is 30.3 Å². The minimum Gasteiger partial charge on any atom is -0.324 e. The Bertz CT molecular complexity index is 583. The summed E-state index contributed by atoms with van der Waals surface area (Å²) in [4.78, 5) is 23.6. The lowest BCUT2D eigenvalue weighted by Gasteiger charge is -2.02. The van der Waals surface area contributed by atoms with Gasteiger partial charge >= 0.3 is 0 Å². The largest absolute Gasteiger partial charge is 0.324 e. The van der Waals surface area contributed by atoms with Crippen LogP contribution in [0.1, 0.15) is 9.67 Å². The number of halogens is 1. The van der Waals surface area contributed by atoms with E-state index in [1.54, 1.807) is 11.4 Å². The number of hydrogen-bond acceptors (Lipinski definition) is 3. The molecule has 0 unspecified atom stereocenters. The summed E-state index contributed by atoms with van der Waals surface area (Å²) in [5.74, 6) is -0.612. The second-order valence-electron chi connectivity index (χ2n) is 3.70. The van der Waals surface area contributed by atoms with Crippen LogP contribution in [0.4, 0.5) is 11.4 Å². The summed E-state index contributed by atoms with van der Waals surface area (Å²) in [5.41, 5.74) is 1.31. The SMILES string of the molecule is O=C(CCl)Nc1csc(C(=O)Nc2ccccc2)c1. The molecule has 2 aromatic rings. The molecule has 0 saturated heterocycles. The molecule has 0 aliphatic rings. The van der Waals surface area contributed by atoms with Crippen LogP contribution in [0.15, 0.2) is 41.8 Å². The molecular formula is C13H11ClN2O2S. The van der Waals surface area contributed by atoms with Gasteiger partial charge in [0.2, 0.25) is 5.91 Å². The fraction of sp³-hybridized carbons (Fsp3) is 0.0769. The van der Waals surface area contributed by atoms with E-state index >= 15 is 0 Å². The number of benzene rings is 1. The van der Waals surface area contributed by atoms with Crippen molar-refractivity contribution in [2.75, 3.05) is 16.5 Å². The van der Waals surface area contributed by atoms with Crippen LogP contribution in [-0.2, 0) is 4.79 Å². The van der Waals surface area contributed by atoms with E-state index in [1.165, 1.54) is 11.3 Å². The van der Waals surface area contributed by atoms with E-state index in [0.29, 0.717) is 10.6 Å². The van der Waals surface area contributed by atoms with E-state index in [0.717, 1.165) is 5.69 Å². The lowest BCUT2D eigenvalue weighted by atomic mass is 10.3. The lowest BCUT2D eigenvalue weighted by molar-refractivity contribution is -0.113. The van der Waals surface area contributed by atoms with Gasteiger partial charge in [0.15, 0.2) is 0 Å². The molecule has 2 N–H and O–H groups in total. The van der Waals surface area contributed by atoms with Crippen LogP contribution in [0, 0.1) is 0 Å². The topological polar surface area (TPSA) is 58.2 Å². The molecular weight excluding hydrogens is 284 g/mol. The van der Waals surface area contributed by atoms with Crippen molar-refractivity contribution in [3.63, 3.8) is 0 Å². The number of anilines is 2. The third kappa shape index (κ3) is 3.81. The number of hydrogen-bond donors (Lipinski definition) is 2. The molecule has 0 aliphatic carbocycles. The van der Waals surface area contributed by atoms with Crippen molar-refractivity contribution in [1.82, 2.24) is 0 Å². The van der Waals surface area contributed by atoms with Crippen LogP contribution >= 0.6 is 22.9 Å². The quantitative estimate of drug-likeness (QED) is 0.851. The van der Waals surface area contributed by atoms with Crippen LogP contribution in [0.2, 0.25) is 0 Å². The molecule has 0 atom stereocenters. The van der Waals surface area contributed by atoms with Gasteiger partial charge in [-0.15, -0.1) is 22.9 Å². The Morgan fingerprint density at radius 1 is 1.11 bits per heavy atom. The van der Waals surface area contributed by atoms with E-state index in [2.05, 4.69) is 10.6 Å². The Balaban J connectivity index is 2.02. The maximum atomic E-state index is 11.9. The summed E-state index contributed by atoms with van der Waals surface area (Å²) in [6.07, 6.45) is 0. The van der Waals surface area contributed by atoms with Gasteiger partial charge in [-0.3, -0.25) is 9.59 Å². The first-order chi connectivity index (χ1) is 9.19. The predicted molar refractivity (Wildman–Crippen MR) is 78.1 cm³/mol. The van der Waals surface area contributed by atoms with Gasteiger partial charge in [0.1, 0.15) is 5.88 Å². The highest BCUT2D eigenvalue weighted by molar-refractivity contribution is 7.12. The molecule has 2 rings (SSSR count). The third-order valence-corrected chi connectivity index (χ3v) is 3.43. The summed E-state index contributed by atoms with van der Waals surface area (Å²) in [6.45, 7) is 0. The van der Waals surface area contributed by atoms with Crippen LogP contribution in [0.5, 0.6) is 0 Å². The molecule has 1 heterocycles. The van der Waals surface area contributed by atoms with Gasteiger partial charge in [-0.1, -0.05) is 18.2 Å². The Morgan fingerprint density at radius 2 is 1.84 bits per heavy atom. The highest BCUT2D eigenvalue weighted by Crippen LogP contribution is 2.20. The van der Waals surface area contributed by atoms with Gasteiger partial charge in [0, 0.05) is 11.1 Å². The van der Waals surface area contributed by atoms with Crippen molar-refractivity contribution < 1.29 is 9.59 Å². The zero-order chi connectivity index (χ0) is 13.7. The van der Waals surface area contributed by atoms with Gasteiger partial charge in [0.25, 0.3) is 5.91 Å². The predicted octanol–water partition coefficient (Wildman–Crippen LogP) is 3.18. The van der Waals surface area contributed by atoms with Crippen molar-refractivity contribution >= 4 is 46.1 Å². The Morgan fingerprint density at radius 3 is 2.53 bits per heavy atom. The average Bonchev–Trinajstić information content (AvgIpc) is 2.88. The zero-order valence-corrected chi connectivity index (χ0v) is 11.4. The molecule has 0 aliphatic heterocycles. The van der Waals surface area contributed by atoms with Gasteiger partial charge < -0.3 is 10.6 Å². The maximum Gasteiger partial charge on any atom is 0.265 e. The van der Waals surface area contributed by atoms with Crippen LogP contribution in [-0.4, -0.2) is 17.7 Å². The number of thiophene rings is 1. The Hall–Kier alpha value is -1.85. The first kappa shape index (κ1) is 13.6. The number of rotatable bonds is 4. The maximum absolute atomic E-state index is 11.9. The van der Waals surface area contributed by atoms with E-state index in [9.17, 15) is 9.59 Å². The molecule has 0 fully saturated rings. The van der Waals surface area contributed by atoms with E-state index < -0.39 is 0 Å². The third-order valence-electron chi connectivity index (χ3n) is 2.26. The number of carbonyl (C=O) groups is 2. The second kappa shape index (κ2) is 6.36. The lowest BCUT2D eigenvalue weighted by Crippen LogP contribution is -2.12. The second-order valence-corrected chi connectivity index (χ2v) is 4.88. The molecule has 0 saturated carbocycles. The number of carbonyl (C=O) groups excluding carboxylic acids is 2. The van der Waals surface area contributed by atoms with E-state index in [-0.39, 0.29) is 17.7 Å². The molecule has 2 amide bonds. The number of amides is 2. The van der Waals surface area contributed by atoms with Crippen molar-refractivity contribution in [3.05, 3.63) is 46.7 Å². The molecule has 0 spiro atoms. The first-order valence-electron chi connectivity index (χ1n) is 5.50. The molecule has 0 radical (unpaired) electrons. The smallest absolute Gasteiger partial charge is 0.265 e. The summed E-state index contributed by atoms with van der Waals surface area (Å²) in [5, 5.41) is 7.06. The first-order valence-corrected chi connectivity index (χ1v) is 6.91. The van der Waals surface area contributed by atoms with Crippen molar-refractivity contribution in [1.29, 1.82) is 0 Å². The molecule has 4 nitrogen and oxygen atoms in total. The fourth-order valence-electron chi connectivity index (χ4n) is 1.43. The minimum atomic E-state index is -0.297. The summed E-state index contributed by atoms with van der Waals surface area (Å²) < 4.78 is 0. The van der Waals surface area contributed by atoms with Crippen molar-refractivity contribution in [2.45, 2.75) is 0 Å². The molecule has 98 valence electrons. The Labute approximate surface area is 119 Å². The number of para-hydroxylation sites is 1. The van der Waals surface area contributed by atoms with Crippen LogP contribution in [0.3, 0.4) is 0 Å². The monoisotopic (exact) mass is 294 g/mol. The van der Waals surface area contributed by atoms with Gasteiger partial charge in [-0.2, -0.15) is 0 Å². The molecule has 1 aromatic carbocycles. The summed E-state index contributed by atoms with van der Waals surface area (Å²) >= 11 is 6.65. The van der Waals surface area contributed by atoms with E-state index in [4.69, 9.17) is 11.6 Å². The molecule has 0 bridgehead atoms. The Kier molecular flexibility index (Phi) is 4.54. The van der Waals surface area contributed by atoms with Crippen molar-refractivity contribution in [3.8, 4) is 0 Å². The number of alkyl halides is 1. The standard InChI is InChI=1S/C13H11ClN2O2S/c14-7-12(17)15-10-6-11(19-8-10)13(18)16-9-4-2-1-3-5-9/h1-6,8H,7H2,(H,15,17)(H,16,18). The van der Waals surface area contributed by atoms with Gasteiger partial charge in [-0.05, 0) is 18.2 Å².